The molecule has 0 heterocycles. The molecule has 1 aliphatic rings. The Kier molecular flexibility index (Phi) is 5.94. The summed E-state index contributed by atoms with van der Waals surface area (Å²) in [6.45, 7) is 0.168. The Balaban J connectivity index is 1.66. The highest BCUT2D eigenvalue weighted by molar-refractivity contribution is 5.77. The number of amides is 1. The van der Waals surface area contributed by atoms with Gasteiger partial charge >= 0.3 is 0 Å². The minimum atomic E-state index is -0.617. The number of aryl methyl sites for hydroxylation is 1. The van der Waals surface area contributed by atoms with Crippen molar-refractivity contribution in [2.24, 2.45) is 0 Å². The van der Waals surface area contributed by atoms with Crippen molar-refractivity contribution in [2.75, 3.05) is 14.2 Å². The first-order valence-electron chi connectivity index (χ1n) is 8.96. The first kappa shape index (κ1) is 19.1. The molecule has 144 valence electrons. The second kappa shape index (κ2) is 8.37. The fraction of sp³-hybridized carbons (Fsp3) is 0.381. The summed E-state index contributed by atoms with van der Waals surface area (Å²) in [4.78, 5) is 14.4. The van der Waals surface area contributed by atoms with E-state index in [1.165, 1.54) is 12.1 Å². The summed E-state index contributed by atoms with van der Waals surface area (Å²) in [5.41, 5.74) is 1.30. The van der Waals surface area contributed by atoms with Crippen LogP contribution in [0.1, 0.15) is 30.4 Å². The maximum absolute atomic E-state index is 14.0. The van der Waals surface area contributed by atoms with Crippen LogP contribution in [0.4, 0.5) is 8.78 Å². The molecule has 0 saturated heterocycles. The standard InChI is InChI=1S/C21H23F2NO3/c1-26-19-9-3-14(11-20(19)27-2)4-10-21(25)24(17-7-8-17)13-15-5-6-16(22)12-18(15)23/h3,5-6,9,11-12,17H,4,7-8,10,13H2,1-2H3. The van der Waals surface area contributed by atoms with Gasteiger partial charge in [-0.2, -0.15) is 0 Å². The van der Waals surface area contributed by atoms with Crippen molar-refractivity contribution >= 4 is 5.91 Å². The molecule has 2 aromatic rings. The SMILES string of the molecule is COc1ccc(CCC(=O)N(Cc2ccc(F)cc2F)C2CC2)cc1OC. The lowest BCUT2D eigenvalue weighted by atomic mass is 10.1. The molecule has 0 unspecified atom stereocenters. The van der Waals surface area contributed by atoms with E-state index in [0.29, 0.717) is 29.9 Å². The van der Waals surface area contributed by atoms with Crippen LogP contribution in [0.25, 0.3) is 0 Å². The van der Waals surface area contributed by atoms with Crippen molar-refractivity contribution in [1.29, 1.82) is 0 Å². The molecule has 1 aliphatic carbocycles. The van der Waals surface area contributed by atoms with E-state index in [1.54, 1.807) is 19.1 Å². The molecule has 0 spiro atoms. The quantitative estimate of drug-likeness (QED) is 0.697. The molecule has 6 heteroatoms. The molecule has 0 aliphatic heterocycles. The van der Waals surface area contributed by atoms with E-state index in [4.69, 9.17) is 9.47 Å². The predicted molar refractivity (Wildman–Crippen MR) is 97.8 cm³/mol. The molecule has 3 rings (SSSR count). The Morgan fingerprint density at radius 2 is 1.81 bits per heavy atom. The maximum Gasteiger partial charge on any atom is 0.223 e. The van der Waals surface area contributed by atoms with Gasteiger partial charge in [0.25, 0.3) is 0 Å². The van der Waals surface area contributed by atoms with Crippen LogP contribution in [0, 0.1) is 11.6 Å². The van der Waals surface area contributed by atoms with Gasteiger partial charge < -0.3 is 14.4 Å². The van der Waals surface area contributed by atoms with E-state index in [1.807, 2.05) is 18.2 Å². The third-order valence-corrected chi connectivity index (χ3v) is 4.74. The Labute approximate surface area is 157 Å². The number of hydrogen-bond donors (Lipinski definition) is 0. The zero-order valence-corrected chi connectivity index (χ0v) is 15.5. The number of methoxy groups -OCH3 is 2. The number of benzene rings is 2. The van der Waals surface area contributed by atoms with E-state index < -0.39 is 11.6 Å². The Hall–Kier alpha value is -2.63. The maximum atomic E-state index is 14.0. The van der Waals surface area contributed by atoms with Crippen molar-refractivity contribution in [1.82, 2.24) is 4.90 Å². The second-order valence-electron chi connectivity index (χ2n) is 6.68. The molecule has 0 bridgehead atoms. The molecule has 0 N–H and O–H groups in total. The number of halogens is 2. The van der Waals surface area contributed by atoms with Crippen molar-refractivity contribution in [3.63, 3.8) is 0 Å². The normalized spacial score (nSPS) is 13.3. The number of ether oxygens (including phenoxy) is 2. The molecule has 1 saturated carbocycles. The van der Waals surface area contributed by atoms with Gasteiger partial charge in [-0.05, 0) is 43.0 Å². The van der Waals surface area contributed by atoms with Gasteiger partial charge in [-0.15, -0.1) is 0 Å². The summed E-state index contributed by atoms with van der Waals surface area (Å²) in [6.07, 6.45) is 2.71. The van der Waals surface area contributed by atoms with Crippen LogP contribution >= 0.6 is 0 Å². The minimum absolute atomic E-state index is 0.0315. The summed E-state index contributed by atoms with van der Waals surface area (Å²) in [5, 5.41) is 0. The smallest absolute Gasteiger partial charge is 0.223 e. The lowest BCUT2D eigenvalue weighted by Gasteiger charge is -2.23. The van der Waals surface area contributed by atoms with Crippen LogP contribution in [-0.2, 0) is 17.8 Å². The summed E-state index contributed by atoms with van der Waals surface area (Å²) < 4.78 is 37.6. The third kappa shape index (κ3) is 4.76. The van der Waals surface area contributed by atoms with Crippen molar-refractivity contribution < 1.29 is 23.0 Å². The lowest BCUT2D eigenvalue weighted by molar-refractivity contribution is -0.132. The Morgan fingerprint density at radius 1 is 1.07 bits per heavy atom. The van der Waals surface area contributed by atoms with Crippen LogP contribution in [-0.4, -0.2) is 31.1 Å². The number of rotatable bonds is 8. The van der Waals surface area contributed by atoms with Gasteiger partial charge in [0.2, 0.25) is 5.91 Å². The molecule has 0 aromatic heterocycles. The molecule has 1 amide bonds. The van der Waals surface area contributed by atoms with Gasteiger partial charge in [0.05, 0.1) is 14.2 Å². The van der Waals surface area contributed by atoms with Gasteiger partial charge in [0.1, 0.15) is 11.6 Å². The number of carbonyl (C=O) groups excluding carboxylic acids is 1. The van der Waals surface area contributed by atoms with Crippen molar-refractivity contribution in [3.05, 3.63) is 59.2 Å². The Bertz CT molecular complexity index is 821. The average molecular weight is 375 g/mol. The highest BCUT2D eigenvalue weighted by Crippen LogP contribution is 2.31. The lowest BCUT2D eigenvalue weighted by Crippen LogP contribution is -2.33. The van der Waals surface area contributed by atoms with Crippen LogP contribution in [0.5, 0.6) is 11.5 Å². The first-order valence-corrected chi connectivity index (χ1v) is 8.96. The van der Waals surface area contributed by atoms with E-state index in [0.717, 1.165) is 24.5 Å². The van der Waals surface area contributed by atoms with Gasteiger partial charge in [-0.3, -0.25) is 4.79 Å². The summed E-state index contributed by atoms with van der Waals surface area (Å²) in [6, 6.07) is 9.19. The van der Waals surface area contributed by atoms with Gasteiger partial charge in [-0.25, -0.2) is 8.78 Å². The summed E-state index contributed by atoms with van der Waals surface area (Å²) in [7, 11) is 3.14. The van der Waals surface area contributed by atoms with Crippen LogP contribution in [0.3, 0.4) is 0 Å². The molecule has 0 radical (unpaired) electrons. The topological polar surface area (TPSA) is 38.8 Å². The molecule has 0 atom stereocenters. The zero-order chi connectivity index (χ0) is 19.4. The summed E-state index contributed by atoms with van der Waals surface area (Å²) >= 11 is 0. The van der Waals surface area contributed by atoms with Crippen LogP contribution < -0.4 is 9.47 Å². The average Bonchev–Trinajstić information content (AvgIpc) is 3.50. The molecule has 1 fully saturated rings. The van der Waals surface area contributed by atoms with E-state index in [2.05, 4.69) is 0 Å². The van der Waals surface area contributed by atoms with E-state index >= 15 is 0 Å². The zero-order valence-electron chi connectivity index (χ0n) is 15.5. The number of carbonyl (C=O) groups is 1. The van der Waals surface area contributed by atoms with Gasteiger partial charge in [0.15, 0.2) is 11.5 Å². The summed E-state index contributed by atoms with van der Waals surface area (Å²) in [5.74, 6) is -0.00722. The molecule has 4 nitrogen and oxygen atoms in total. The fourth-order valence-electron chi connectivity index (χ4n) is 3.07. The highest BCUT2D eigenvalue weighted by atomic mass is 19.1. The Morgan fingerprint density at radius 3 is 2.44 bits per heavy atom. The van der Waals surface area contributed by atoms with E-state index in [-0.39, 0.29) is 18.5 Å². The largest absolute Gasteiger partial charge is 0.493 e. The molecule has 2 aromatic carbocycles. The third-order valence-electron chi connectivity index (χ3n) is 4.74. The van der Waals surface area contributed by atoms with Crippen LogP contribution in [0.2, 0.25) is 0 Å². The number of nitrogens with zero attached hydrogens (tertiary/aromatic N) is 1. The first-order chi connectivity index (χ1) is 13.0. The number of hydrogen-bond acceptors (Lipinski definition) is 3. The molecular formula is C21H23F2NO3. The minimum Gasteiger partial charge on any atom is -0.493 e. The second-order valence-corrected chi connectivity index (χ2v) is 6.68. The molecular weight excluding hydrogens is 352 g/mol. The molecule has 27 heavy (non-hydrogen) atoms. The van der Waals surface area contributed by atoms with Gasteiger partial charge in [0, 0.05) is 30.6 Å². The van der Waals surface area contributed by atoms with E-state index in [9.17, 15) is 13.6 Å². The van der Waals surface area contributed by atoms with Gasteiger partial charge in [-0.1, -0.05) is 12.1 Å². The van der Waals surface area contributed by atoms with Crippen molar-refractivity contribution in [3.8, 4) is 11.5 Å². The highest BCUT2D eigenvalue weighted by Gasteiger charge is 2.32. The van der Waals surface area contributed by atoms with Crippen LogP contribution in [0.15, 0.2) is 36.4 Å². The fourth-order valence-corrected chi connectivity index (χ4v) is 3.07. The monoisotopic (exact) mass is 375 g/mol. The predicted octanol–water partition coefficient (Wildman–Crippen LogP) is 4.11. The van der Waals surface area contributed by atoms with Crippen molar-refractivity contribution in [2.45, 2.75) is 38.3 Å².